The lowest BCUT2D eigenvalue weighted by molar-refractivity contribution is 0.0226. The molecule has 0 bridgehead atoms. The Morgan fingerprint density at radius 3 is 2.71 bits per heavy atom. The zero-order valence-corrected chi connectivity index (χ0v) is 12.6. The fraction of sp³-hybridized carbons (Fsp3) is 0.333. The molecule has 0 atom stereocenters. The van der Waals surface area contributed by atoms with Crippen LogP contribution in [0.3, 0.4) is 0 Å². The van der Waals surface area contributed by atoms with E-state index in [0.29, 0.717) is 13.2 Å². The number of para-hydroxylation sites is 1. The summed E-state index contributed by atoms with van der Waals surface area (Å²) in [6, 6.07) is 16.4. The Morgan fingerprint density at radius 1 is 1.10 bits per heavy atom. The minimum atomic E-state index is -0.108. The van der Waals surface area contributed by atoms with Crippen LogP contribution in [0.2, 0.25) is 0 Å². The molecule has 1 N–H and O–H groups in total. The first-order chi connectivity index (χ1) is 10.1. The predicted octanol–water partition coefficient (Wildman–Crippen LogP) is 3.62. The van der Waals surface area contributed by atoms with Crippen molar-refractivity contribution in [2.45, 2.75) is 39.0 Å². The first-order valence-electron chi connectivity index (χ1n) is 7.32. The third-order valence-electron chi connectivity index (χ3n) is 3.62. The van der Waals surface area contributed by atoms with Crippen molar-refractivity contribution in [1.82, 2.24) is 5.48 Å². The highest BCUT2D eigenvalue weighted by Gasteiger charge is 2.31. The van der Waals surface area contributed by atoms with Gasteiger partial charge < -0.3 is 4.74 Å². The molecule has 0 aliphatic carbocycles. The second kappa shape index (κ2) is 5.88. The van der Waals surface area contributed by atoms with Gasteiger partial charge in [-0.3, -0.25) is 4.84 Å². The molecule has 1 heterocycles. The maximum absolute atomic E-state index is 6.05. The Bertz CT molecular complexity index is 608. The summed E-state index contributed by atoms with van der Waals surface area (Å²) < 4.78 is 6.05. The number of hydroxylamine groups is 1. The Balaban J connectivity index is 1.56. The number of rotatable bonds is 5. The lowest BCUT2D eigenvalue weighted by Gasteiger charge is -2.18. The smallest absolute Gasteiger partial charge is 0.128 e. The molecule has 3 heteroatoms. The molecule has 0 unspecified atom stereocenters. The van der Waals surface area contributed by atoms with Gasteiger partial charge in [-0.15, -0.1) is 0 Å². The molecule has 3 rings (SSSR count). The SMILES string of the molecule is CC1(C)Cc2cccc(CNOCc3ccccc3)c2O1. The van der Waals surface area contributed by atoms with Crippen molar-refractivity contribution >= 4 is 0 Å². The van der Waals surface area contributed by atoms with Gasteiger partial charge >= 0.3 is 0 Å². The number of hydrogen-bond donors (Lipinski definition) is 1. The summed E-state index contributed by atoms with van der Waals surface area (Å²) in [5, 5.41) is 0. The van der Waals surface area contributed by atoms with E-state index >= 15 is 0 Å². The summed E-state index contributed by atoms with van der Waals surface area (Å²) in [7, 11) is 0. The van der Waals surface area contributed by atoms with Gasteiger partial charge in [0.2, 0.25) is 0 Å². The average Bonchev–Trinajstić information content (AvgIpc) is 2.79. The molecule has 0 fully saturated rings. The molecule has 0 aromatic heterocycles. The van der Waals surface area contributed by atoms with Crippen molar-refractivity contribution in [2.75, 3.05) is 0 Å². The average molecular weight is 283 g/mol. The molecular weight excluding hydrogens is 262 g/mol. The van der Waals surface area contributed by atoms with Crippen LogP contribution < -0.4 is 10.2 Å². The fourth-order valence-electron chi connectivity index (χ4n) is 2.66. The monoisotopic (exact) mass is 283 g/mol. The summed E-state index contributed by atoms with van der Waals surface area (Å²) in [6.45, 7) is 5.44. The van der Waals surface area contributed by atoms with Gasteiger partial charge in [-0.25, -0.2) is 0 Å². The van der Waals surface area contributed by atoms with Gasteiger partial charge in [0, 0.05) is 18.5 Å². The van der Waals surface area contributed by atoms with E-state index in [4.69, 9.17) is 9.57 Å². The molecule has 0 spiro atoms. The van der Waals surface area contributed by atoms with Crippen molar-refractivity contribution < 1.29 is 9.57 Å². The second-order valence-corrected chi connectivity index (χ2v) is 6.04. The van der Waals surface area contributed by atoms with Gasteiger partial charge in [0.25, 0.3) is 0 Å². The molecule has 2 aromatic rings. The number of benzene rings is 2. The van der Waals surface area contributed by atoms with Gasteiger partial charge in [0.05, 0.1) is 6.61 Å². The lowest BCUT2D eigenvalue weighted by Crippen LogP contribution is -2.25. The Kier molecular flexibility index (Phi) is 3.95. The molecule has 3 nitrogen and oxygen atoms in total. The molecule has 0 saturated heterocycles. The van der Waals surface area contributed by atoms with E-state index in [-0.39, 0.29) is 5.60 Å². The van der Waals surface area contributed by atoms with E-state index < -0.39 is 0 Å². The van der Waals surface area contributed by atoms with E-state index in [0.717, 1.165) is 23.3 Å². The summed E-state index contributed by atoms with van der Waals surface area (Å²) in [6.07, 6.45) is 0.959. The van der Waals surface area contributed by atoms with Gasteiger partial charge in [-0.05, 0) is 25.0 Å². The van der Waals surface area contributed by atoms with E-state index in [1.807, 2.05) is 30.3 Å². The van der Waals surface area contributed by atoms with Crippen molar-refractivity contribution in [2.24, 2.45) is 0 Å². The van der Waals surface area contributed by atoms with Crippen LogP contribution in [0, 0.1) is 0 Å². The molecular formula is C18H21NO2. The molecule has 2 aromatic carbocycles. The van der Waals surface area contributed by atoms with Crippen LogP contribution in [0.25, 0.3) is 0 Å². The molecule has 0 radical (unpaired) electrons. The fourth-order valence-corrected chi connectivity index (χ4v) is 2.66. The maximum atomic E-state index is 6.05. The summed E-state index contributed by atoms with van der Waals surface area (Å²) in [4.78, 5) is 5.53. The summed E-state index contributed by atoms with van der Waals surface area (Å²) in [5.74, 6) is 1.01. The molecule has 0 amide bonds. The quantitative estimate of drug-likeness (QED) is 0.671. The summed E-state index contributed by atoms with van der Waals surface area (Å²) in [5.41, 5.74) is 6.50. The van der Waals surface area contributed by atoms with Crippen LogP contribution in [-0.2, 0) is 24.4 Å². The number of hydrogen-bond acceptors (Lipinski definition) is 3. The highest BCUT2D eigenvalue weighted by atomic mass is 16.6. The van der Waals surface area contributed by atoms with Crippen molar-refractivity contribution in [3.05, 3.63) is 65.2 Å². The van der Waals surface area contributed by atoms with E-state index in [1.54, 1.807) is 0 Å². The first-order valence-corrected chi connectivity index (χ1v) is 7.32. The third-order valence-corrected chi connectivity index (χ3v) is 3.62. The van der Waals surface area contributed by atoms with Crippen LogP contribution >= 0.6 is 0 Å². The number of ether oxygens (including phenoxy) is 1. The molecule has 21 heavy (non-hydrogen) atoms. The molecule has 0 saturated carbocycles. The molecule has 1 aliphatic rings. The van der Waals surface area contributed by atoms with Crippen LogP contribution in [-0.4, -0.2) is 5.60 Å². The van der Waals surface area contributed by atoms with E-state index in [2.05, 4.69) is 37.5 Å². The largest absolute Gasteiger partial charge is 0.487 e. The van der Waals surface area contributed by atoms with Crippen molar-refractivity contribution in [3.8, 4) is 5.75 Å². The lowest BCUT2D eigenvalue weighted by atomic mass is 10.0. The Morgan fingerprint density at radius 2 is 1.90 bits per heavy atom. The minimum absolute atomic E-state index is 0.108. The maximum Gasteiger partial charge on any atom is 0.128 e. The van der Waals surface area contributed by atoms with E-state index in [9.17, 15) is 0 Å². The topological polar surface area (TPSA) is 30.5 Å². The predicted molar refractivity (Wildman–Crippen MR) is 82.9 cm³/mol. The normalized spacial score (nSPS) is 15.5. The van der Waals surface area contributed by atoms with Gasteiger partial charge in [0.15, 0.2) is 0 Å². The zero-order chi connectivity index (χ0) is 14.7. The highest BCUT2D eigenvalue weighted by molar-refractivity contribution is 5.45. The van der Waals surface area contributed by atoms with Crippen LogP contribution in [0.1, 0.15) is 30.5 Å². The van der Waals surface area contributed by atoms with Gasteiger partial charge in [-0.1, -0.05) is 48.5 Å². The van der Waals surface area contributed by atoms with Crippen LogP contribution in [0.15, 0.2) is 48.5 Å². The first kappa shape index (κ1) is 14.1. The van der Waals surface area contributed by atoms with E-state index in [1.165, 1.54) is 5.56 Å². The van der Waals surface area contributed by atoms with Gasteiger partial charge in [-0.2, -0.15) is 5.48 Å². The molecule has 1 aliphatic heterocycles. The van der Waals surface area contributed by atoms with Crippen molar-refractivity contribution in [1.29, 1.82) is 0 Å². The minimum Gasteiger partial charge on any atom is -0.487 e. The van der Waals surface area contributed by atoms with Crippen molar-refractivity contribution in [3.63, 3.8) is 0 Å². The highest BCUT2D eigenvalue weighted by Crippen LogP contribution is 2.37. The number of nitrogens with one attached hydrogen (secondary N) is 1. The molecule has 110 valence electrons. The summed E-state index contributed by atoms with van der Waals surface area (Å²) >= 11 is 0. The van der Waals surface area contributed by atoms with Gasteiger partial charge in [0.1, 0.15) is 11.4 Å². The number of fused-ring (bicyclic) bond motifs is 1. The third kappa shape index (κ3) is 3.43. The Hall–Kier alpha value is -1.84. The van der Waals surface area contributed by atoms with Crippen LogP contribution in [0.5, 0.6) is 5.75 Å². The standard InChI is InChI=1S/C18H21NO2/c1-18(2)11-15-9-6-10-16(17(15)21-18)12-19-20-13-14-7-4-3-5-8-14/h3-10,19H,11-13H2,1-2H3. The zero-order valence-electron chi connectivity index (χ0n) is 12.6. The Labute approximate surface area is 125 Å². The second-order valence-electron chi connectivity index (χ2n) is 6.04. The van der Waals surface area contributed by atoms with Crippen LogP contribution in [0.4, 0.5) is 0 Å².